The second kappa shape index (κ2) is 5.90. The third kappa shape index (κ3) is 3.26. The van der Waals surface area contributed by atoms with Crippen molar-refractivity contribution < 1.29 is 9.18 Å². The monoisotopic (exact) mass is 278 g/mol. The number of nitrogens with zero attached hydrogens (tertiary/aromatic N) is 1. The number of carbonyl (C=O) groups is 1. The van der Waals surface area contributed by atoms with Crippen molar-refractivity contribution in [3.63, 3.8) is 0 Å². The molecule has 20 heavy (non-hydrogen) atoms. The number of hydrogen-bond donors (Lipinski definition) is 3. The van der Waals surface area contributed by atoms with E-state index < -0.39 is 5.82 Å². The first-order valence-electron chi connectivity index (χ1n) is 6.67. The molecule has 2 amide bonds. The Balaban J connectivity index is 2.13. The van der Waals surface area contributed by atoms with Crippen LogP contribution in [0.5, 0.6) is 0 Å². The summed E-state index contributed by atoms with van der Waals surface area (Å²) in [5.74, 6) is -0.276. The Morgan fingerprint density at radius 3 is 2.95 bits per heavy atom. The highest BCUT2D eigenvalue weighted by Crippen LogP contribution is 2.20. The molecule has 1 aliphatic heterocycles. The van der Waals surface area contributed by atoms with E-state index in [9.17, 15) is 9.18 Å². The molecule has 1 heterocycles. The molecule has 1 aliphatic rings. The number of urea groups is 1. The van der Waals surface area contributed by atoms with Gasteiger partial charge in [0, 0.05) is 18.7 Å². The minimum absolute atomic E-state index is 0.198. The van der Waals surface area contributed by atoms with Crippen LogP contribution in [-0.2, 0) is 0 Å². The van der Waals surface area contributed by atoms with Crippen LogP contribution in [0.1, 0.15) is 25.3 Å². The van der Waals surface area contributed by atoms with Crippen LogP contribution in [0.3, 0.4) is 0 Å². The summed E-state index contributed by atoms with van der Waals surface area (Å²) >= 11 is 0. The summed E-state index contributed by atoms with van der Waals surface area (Å²) in [6, 6.07) is 3.58. The predicted octanol–water partition coefficient (Wildman–Crippen LogP) is 2.37. The molecule has 1 saturated heterocycles. The van der Waals surface area contributed by atoms with E-state index in [4.69, 9.17) is 11.1 Å². The van der Waals surface area contributed by atoms with Crippen molar-refractivity contribution in [2.24, 2.45) is 11.7 Å². The van der Waals surface area contributed by atoms with E-state index in [1.54, 1.807) is 4.90 Å². The van der Waals surface area contributed by atoms with Gasteiger partial charge >= 0.3 is 6.03 Å². The molecule has 108 valence electrons. The molecular formula is C14H19FN4O. The van der Waals surface area contributed by atoms with Crippen molar-refractivity contribution in [2.45, 2.75) is 19.8 Å². The van der Waals surface area contributed by atoms with Gasteiger partial charge in [-0.3, -0.25) is 5.41 Å². The predicted molar refractivity (Wildman–Crippen MR) is 76.4 cm³/mol. The number of halogens is 1. The first kappa shape index (κ1) is 14.3. The zero-order valence-corrected chi connectivity index (χ0v) is 11.4. The number of anilines is 1. The van der Waals surface area contributed by atoms with Crippen LogP contribution < -0.4 is 11.1 Å². The molecule has 1 fully saturated rings. The lowest BCUT2D eigenvalue weighted by Gasteiger charge is -2.31. The number of nitrogens with two attached hydrogens (primary N) is 1. The van der Waals surface area contributed by atoms with E-state index in [2.05, 4.69) is 12.2 Å². The second-order valence-corrected chi connectivity index (χ2v) is 5.23. The summed E-state index contributed by atoms with van der Waals surface area (Å²) < 4.78 is 13.2. The number of hydrogen-bond acceptors (Lipinski definition) is 2. The Hall–Kier alpha value is -2.11. The molecule has 6 heteroatoms. The van der Waals surface area contributed by atoms with Gasteiger partial charge in [-0.15, -0.1) is 0 Å². The molecule has 0 spiro atoms. The van der Waals surface area contributed by atoms with Gasteiger partial charge in [0.15, 0.2) is 0 Å². The highest BCUT2D eigenvalue weighted by molar-refractivity contribution is 6.03. The van der Waals surface area contributed by atoms with Gasteiger partial charge in [0.25, 0.3) is 0 Å². The van der Waals surface area contributed by atoms with E-state index in [-0.39, 0.29) is 17.4 Å². The maximum Gasteiger partial charge on any atom is 0.321 e. The lowest BCUT2D eigenvalue weighted by atomic mass is 10.0. The average molecular weight is 278 g/mol. The van der Waals surface area contributed by atoms with Crippen LogP contribution in [0, 0.1) is 17.1 Å². The van der Waals surface area contributed by atoms with Gasteiger partial charge in [-0.1, -0.05) is 6.92 Å². The van der Waals surface area contributed by atoms with Crippen molar-refractivity contribution in [1.29, 1.82) is 5.41 Å². The first-order valence-corrected chi connectivity index (χ1v) is 6.67. The highest BCUT2D eigenvalue weighted by Gasteiger charge is 2.21. The molecule has 5 nitrogen and oxygen atoms in total. The van der Waals surface area contributed by atoms with Crippen LogP contribution in [0.25, 0.3) is 0 Å². The Kier molecular flexibility index (Phi) is 4.22. The lowest BCUT2D eigenvalue weighted by Crippen LogP contribution is -2.41. The molecule has 0 saturated carbocycles. The second-order valence-electron chi connectivity index (χ2n) is 5.23. The fourth-order valence-electron chi connectivity index (χ4n) is 2.42. The molecule has 4 N–H and O–H groups in total. The van der Waals surface area contributed by atoms with E-state index >= 15 is 0 Å². The summed E-state index contributed by atoms with van der Waals surface area (Å²) in [6.45, 7) is 3.54. The first-order chi connectivity index (χ1) is 9.47. The van der Waals surface area contributed by atoms with E-state index in [0.717, 1.165) is 18.9 Å². The molecule has 1 atom stereocenters. The number of nitrogen functional groups attached to an aromatic ring is 1. The summed E-state index contributed by atoms with van der Waals surface area (Å²) in [4.78, 5) is 13.9. The number of piperidine rings is 1. The number of amidine groups is 1. The van der Waals surface area contributed by atoms with Crippen LogP contribution in [0.4, 0.5) is 14.9 Å². The Labute approximate surface area is 117 Å². The van der Waals surface area contributed by atoms with Gasteiger partial charge in [0.2, 0.25) is 0 Å². The molecule has 1 aromatic carbocycles. The Morgan fingerprint density at radius 1 is 1.55 bits per heavy atom. The van der Waals surface area contributed by atoms with E-state index in [0.29, 0.717) is 24.7 Å². The summed E-state index contributed by atoms with van der Waals surface area (Å²) in [7, 11) is 0. The number of rotatable bonds is 2. The number of likely N-dealkylation sites (tertiary alicyclic amines) is 1. The number of carbonyl (C=O) groups excluding carboxylic acids is 1. The van der Waals surface area contributed by atoms with Crippen LogP contribution in [0.15, 0.2) is 18.2 Å². The zero-order chi connectivity index (χ0) is 14.7. The maximum absolute atomic E-state index is 13.2. The van der Waals surface area contributed by atoms with Gasteiger partial charge in [-0.05, 0) is 37.0 Å². The van der Waals surface area contributed by atoms with Gasteiger partial charge in [-0.25, -0.2) is 9.18 Å². The molecule has 0 aliphatic carbocycles. The molecule has 2 rings (SSSR count). The molecule has 0 aromatic heterocycles. The normalized spacial score (nSPS) is 18.7. The Morgan fingerprint density at radius 2 is 2.30 bits per heavy atom. The Bertz CT molecular complexity index is 532. The third-order valence-corrected chi connectivity index (χ3v) is 3.46. The third-order valence-electron chi connectivity index (χ3n) is 3.46. The number of amides is 2. The van der Waals surface area contributed by atoms with E-state index in [1.807, 2.05) is 0 Å². The number of nitrogens with one attached hydrogen (secondary N) is 2. The SMILES string of the molecule is CC1CCCN(C(=O)Nc2ccc(F)cc2C(=N)N)C1. The molecule has 1 unspecified atom stereocenters. The molecule has 0 bridgehead atoms. The summed E-state index contributed by atoms with van der Waals surface area (Å²) in [5.41, 5.74) is 5.97. The minimum Gasteiger partial charge on any atom is -0.384 e. The lowest BCUT2D eigenvalue weighted by molar-refractivity contribution is 0.182. The molecule has 1 aromatic rings. The van der Waals surface area contributed by atoms with Gasteiger partial charge < -0.3 is 16.0 Å². The largest absolute Gasteiger partial charge is 0.384 e. The smallest absolute Gasteiger partial charge is 0.321 e. The van der Waals surface area contributed by atoms with Gasteiger partial charge in [0.1, 0.15) is 11.7 Å². The average Bonchev–Trinajstić information content (AvgIpc) is 2.40. The fraction of sp³-hybridized carbons (Fsp3) is 0.429. The summed E-state index contributed by atoms with van der Waals surface area (Å²) in [6.07, 6.45) is 2.11. The van der Waals surface area contributed by atoms with Crippen LogP contribution >= 0.6 is 0 Å². The minimum atomic E-state index is -0.486. The van der Waals surface area contributed by atoms with Crippen LogP contribution in [-0.4, -0.2) is 29.9 Å². The van der Waals surface area contributed by atoms with Crippen molar-refractivity contribution in [3.05, 3.63) is 29.6 Å². The molecule has 0 radical (unpaired) electrons. The van der Waals surface area contributed by atoms with Crippen molar-refractivity contribution >= 4 is 17.6 Å². The number of benzene rings is 1. The maximum atomic E-state index is 13.2. The fourth-order valence-corrected chi connectivity index (χ4v) is 2.42. The van der Waals surface area contributed by atoms with Gasteiger partial charge in [-0.2, -0.15) is 0 Å². The summed E-state index contributed by atoms with van der Waals surface area (Å²) in [5, 5.41) is 10.1. The van der Waals surface area contributed by atoms with Crippen molar-refractivity contribution in [3.8, 4) is 0 Å². The molecular weight excluding hydrogens is 259 g/mol. The highest BCUT2D eigenvalue weighted by atomic mass is 19.1. The topological polar surface area (TPSA) is 82.2 Å². The quantitative estimate of drug-likeness (QED) is 0.573. The van der Waals surface area contributed by atoms with Crippen LogP contribution in [0.2, 0.25) is 0 Å². The van der Waals surface area contributed by atoms with Gasteiger partial charge in [0.05, 0.1) is 5.69 Å². The zero-order valence-electron chi connectivity index (χ0n) is 11.4. The van der Waals surface area contributed by atoms with E-state index in [1.165, 1.54) is 12.1 Å². The van der Waals surface area contributed by atoms with Crippen molar-refractivity contribution in [2.75, 3.05) is 18.4 Å². The van der Waals surface area contributed by atoms with Crippen molar-refractivity contribution in [1.82, 2.24) is 4.90 Å². The standard InChI is InChI=1S/C14H19FN4O/c1-9-3-2-6-19(8-9)14(20)18-12-5-4-10(15)7-11(12)13(16)17/h4-5,7,9H,2-3,6,8H2,1H3,(H3,16,17)(H,18,20).